The smallest absolute Gasteiger partial charge is 0.220 e. The average Bonchev–Trinajstić information content (AvgIpc) is 3.00. The summed E-state index contributed by atoms with van der Waals surface area (Å²) in [5, 5.41) is 2.86. The summed E-state index contributed by atoms with van der Waals surface area (Å²) in [7, 11) is 1.63. The first kappa shape index (κ1) is 14.4. The van der Waals surface area contributed by atoms with E-state index >= 15 is 0 Å². The molecule has 2 aromatic rings. The first-order valence-electron chi connectivity index (χ1n) is 7.37. The third-order valence-electron chi connectivity index (χ3n) is 3.87. The van der Waals surface area contributed by atoms with Crippen LogP contribution in [0.5, 0.6) is 11.5 Å². The molecule has 4 nitrogen and oxygen atoms in total. The van der Waals surface area contributed by atoms with Gasteiger partial charge in [0.25, 0.3) is 0 Å². The minimum Gasteiger partial charge on any atom is -0.493 e. The van der Waals surface area contributed by atoms with E-state index in [2.05, 4.69) is 5.32 Å². The Balaban J connectivity index is 1.77. The highest BCUT2D eigenvalue weighted by Crippen LogP contribution is 2.33. The fourth-order valence-corrected chi connectivity index (χ4v) is 2.64. The van der Waals surface area contributed by atoms with Crippen LogP contribution in [0.1, 0.15) is 23.5 Å². The maximum atomic E-state index is 11.4. The molecular weight excluding hydrogens is 278 g/mol. The zero-order valence-corrected chi connectivity index (χ0v) is 12.5. The fourth-order valence-electron chi connectivity index (χ4n) is 2.64. The third kappa shape index (κ3) is 3.22. The van der Waals surface area contributed by atoms with Crippen molar-refractivity contribution in [1.29, 1.82) is 0 Å². The zero-order chi connectivity index (χ0) is 15.4. The van der Waals surface area contributed by atoms with Crippen molar-refractivity contribution >= 4 is 5.91 Å². The van der Waals surface area contributed by atoms with Gasteiger partial charge in [0, 0.05) is 18.9 Å². The van der Waals surface area contributed by atoms with Crippen LogP contribution in [0.25, 0.3) is 0 Å². The number of nitrogens with one attached hydrogen (secondary N) is 1. The molecule has 114 valence electrons. The molecule has 0 bridgehead atoms. The van der Waals surface area contributed by atoms with E-state index < -0.39 is 0 Å². The molecule has 1 heterocycles. The van der Waals surface area contributed by atoms with Crippen LogP contribution in [0.15, 0.2) is 48.5 Å². The lowest BCUT2D eigenvalue weighted by Crippen LogP contribution is -2.13. The predicted molar refractivity (Wildman–Crippen MR) is 84.1 cm³/mol. The number of hydrogen-bond donors (Lipinski definition) is 1. The largest absolute Gasteiger partial charge is 0.493 e. The summed E-state index contributed by atoms with van der Waals surface area (Å²) in [6, 6.07) is 15.9. The fraction of sp³-hybridized carbons (Fsp3) is 0.278. The normalized spacial score (nSPS) is 17.1. The van der Waals surface area contributed by atoms with Gasteiger partial charge in [-0.1, -0.05) is 36.4 Å². The Labute approximate surface area is 130 Å². The quantitative estimate of drug-likeness (QED) is 0.923. The SMILES string of the molecule is COc1ccc([C@@H]2CNC(=O)C2)cc1OCc1ccccc1. The van der Waals surface area contributed by atoms with Gasteiger partial charge in [0.1, 0.15) is 6.61 Å². The highest BCUT2D eigenvalue weighted by atomic mass is 16.5. The summed E-state index contributed by atoms with van der Waals surface area (Å²) < 4.78 is 11.3. The Bertz CT molecular complexity index is 655. The van der Waals surface area contributed by atoms with E-state index in [1.54, 1.807) is 7.11 Å². The van der Waals surface area contributed by atoms with Gasteiger partial charge in [-0.2, -0.15) is 0 Å². The summed E-state index contributed by atoms with van der Waals surface area (Å²) in [6.45, 7) is 1.17. The van der Waals surface area contributed by atoms with Crippen LogP contribution in [0.4, 0.5) is 0 Å². The topological polar surface area (TPSA) is 47.6 Å². The van der Waals surface area contributed by atoms with E-state index in [9.17, 15) is 4.79 Å². The summed E-state index contributed by atoms with van der Waals surface area (Å²) >= 11 is 0. The molecule has 1 amide bonds. The van der Waals surface area contributed by atoms with Crippen LogP contribution >= 0.6 is 0 Å². The predicted octanol–water partition coefficient (Wildman–Crippen LogP) is 2.88. The molecule has 1 N–H and O–H groups in total. The molecule has 0 saturated carbocycles. The number of hydrogen-bond acceptors (Lipinski definition) is 3. The van der Waals surface area contributed by atoms with Crippen molar-refractivity contribution in [2.75, 3.05) is 13.7 Å². The monoisotopic (exact) mass is 297 g/mol. The van der Waals surface area contributed by atoms with Gasteiger partial charge in [0.2, 0.25) is 5.91 Å². The molecule has 0 radical (unpaired) electrons. The lowest BCUT2D eigenvalue weighted by Gasteiger charge is -2.14. The standard InChI is InChI=1S/C18H19NO3/c1-21-16-8-7-14(15-10-18(20)19-11-15)9-17(16)22-12-13-5-3-2-4-6-13/h2-9,15H,10-12H2,1H3,(H,19,20)/t15-/m0/s1. The van der Waals surface area contributed by atoms with Crippen molar-refractivity contribution in [1.82, 2.24) is 5.32 Å². The van der Waals surface area contributed by atoms with Gasteiger partial charge in [-0.3, -0.25) is 4.79 Å². The second kappa shape index (κ2) is 6.52. The van der Waals surface area contributed by atoms with Crippen molar-refractivity contribution in [3.05, 3.63) is 59.7 Å². The van der Waals surface area contributed by atoms with Crippen LogP contribution in [-0.2, 0) is 11.4 Å². The van der Waals surface area contributed by atoms with Crippen molar-refractivity contribution < 1.29 is 14.3 Å². The molecule has 1 atom stereocenters. The summed E-state index contributed by atoms with van der Waals surface area (Å²) in [6.07, 6.45) is 0.532. The number of methoxy groups -OCH3 is 1. The van der Waals surface area contributed by atoms with E-state index in [4.69, 9.17) is 9.47 Å². The minimum atomic E-state index is 0.104. The molecule has 4 heteroatoms. The highest BCUT2D eigenvalue weighted by Gasteiger charge is 2.23. The number of rotatable bonds is 5. The van der Waals surface area contributed by atoms with Crippen molar-refractivity contribution in [3.63, 3.8) is 0 Å². The first-order valence-corrected chi connectivity index (χ1v) is 7.37. The van der Waals surface area contributed by atoms with Crippen molar-refractivity contribution in [2.45, 2.75) is 18.9 Å². The Morgan fingerprint density at radius 1 is 1.14 bits per heavy atom. The molecule has 0 spiro atoms. The molecule has 2 aromatic carbocycles. The Hall–Kier alpha value is -2.49. The molecule has 0 unspecified atom stereocenters. The van der Waals surface area contributed by atoms with Crippen molar-refractivity contribution in [2.24, 2.45) is 0 Å². The second-order valence-corrected chi connectivity index (χ2v) is 5.39. The molecule has 3 rings (SSSR count). The van der Waals surface area contributed by atoms with Crippen LogP contribution in [-0.4, -0.2) is 19.6 Å². The van der Waals surface area contributed by atoms with Crippen LogP contribution < -0.4 is 14.8 Å². The lowest BCUT2D eigenvalue weighted by atomic mass is 9.98. The van der Waals surface area contributed by atoms with E-state index in [1.807, 2.05) is 48.5 Å². The van der Waals surface area contributed by atoms with Gasteiger partial charge >= 0.3 is 0 Å². The number of amides is 1. The zero-order valence-electron chi connectivity index (χ0n) is 12.5. The van der Waals surface area contributed by atoms with Gasteiger partial charge in [-0.25, -0.2) is 0 Å². The van der Waals surface area contributed by atoms with Gasteiger partial charge in [-0.05, 0) is 23.3 Å². The van der Waals surface area contributed by atoms with Gasteiger partial charge in [-0.15, -0.1) is 0 Å². The summed E-state index contributed by atoms with van der Waals surface area (Å²) in [5.74, 6) is 1.73. The summed E-state index contributed by atoms with van der Waals surface area (Å²) in [4.78, 5) is 11.4. The molecule has 1 aliphatic heterocycles. The number of carbonyl (C=O) groups is 1. The molecular formula is C18H19NO3. The molecule has 1 fully saturated rings. The third-order valence-corrected chi connectivity index (χ3v) is 3.87. The number of carbonyl (C=O) groups excluding carboxylic acids is 1. The van der Waals surface area contributed by atoms with Crippen LogP contribution in [0.2, 0.25) is 0 Å². The Morgan fingerprint density at radius 2 is 1.95 bits per heavy atom. The number of ether oxygens (including phenoxy) is 2. The first-order chi connectivity index (χ1) is 10.8. The molecule has 1 saturated heterocycles. The maximum absolute atomic E-state index is 11.4. The highest BCUT2D eigenvalue weighted by molar-refractivity contribution is 5.79. The maximum Gasteiger partial charge on any atom is 0.220 e. The molecule has 1 aliphatic rings. The minimum absolute atomic E-state index is 0.104. The second-order valence-electron chi connectivity index (χ2n) is 5.39. The Kier molecular flexibility index (Phi) is 4.28. The molecule has 0 aromatic heterocycles. The van der Waals surface area contributed by atoms with Gasteiger partial charge in [0.15, 0.2) is 11.5 Å². The average molecular weight is 297 g/mol. The number of benzene rings is 2. The molecule has 0 aliphatic carbocycles. The van der Waals surface area contributed by atoms with E-state index in [0.717, 1.165) is 11.1 Å². The summed E-state index contributed by atoms with van der Waals surface area (Å²) in [5.41, 5.74) is 2.20. The Morgan fingerprint density at radius 3 is 2.64 bits per heavy atom. The van der Waals surface area contributed by atoms with E-state index in [-0.39, 0.29) is 11.8 Å². The van der Waals surface area contributed by atoms with Crippen LogP contribution in [0.3, 0.4) is 0 Å². The van der Waals surface area contributed by atoms with E-state index in [1.165, 1.54) is 0 Å². The molecule has 22 heavy (non-hydrogen) atoms. The van der Waals surface area contributed by atoms with Gasteiger partial charge < -0.3 is 14.8 Å². The van der Waals surface area contributed by atoms with Crippen molar-refractivity contribution in [3.8, 4) is 11.5 Å². The van der Waals surface area contributed by atoms with Crippen LogP contribution in [0, 0.1) is 0 Å². The van der Waals surface area contributed by atoms with Gasteiger partial charge in [0.05, 0.1) is 7.11 Å². The lowest BCUT2D eigenvalue weighted by molar-refractivity contribution is -0.119. The van der Waals surface area contributed by atoms with E-state index in [0.29, 0.717) is 31.1 Å².